The maximum atomic E-state index is 9.39. The van der Waals surface area contributed by atoms with E-state index in [1.54, 1.807) is 43.4 Å². The Morgan fingerprint density at radius 2 is 0.661 bits per heavy atom. The van der Waals surface area contributed by atoms with Crippen molar-refractivity contribution in [3.63, 3.8) is 0 Å². The van der Waals surface area contributed by atoms with Crippen LogP contribution in [0.1, 0.15) is 22.3 Å². The van der Waals surface area contributed by atoms with Crippen LogP contribution < -0.4 is 68.8 Å². The highest BCUT2D eigenvalue weighted by atomic mass is 16.8. The Balaban J connectivity index is 0.0000000904. The molecule has 0 spiro atoms. The summed E-state index contributed by atoms with van der Waals surface area (Å²) in [6.45, 7) is 3.71. The van der Waals surface area contributed by atoms with Crippen LogP contribution in [0.15, 0.2) is 293 Å². The second-order valence-electron chi connectivity index (χ2n) is 30.4. The van der Waals surface area contributed by atoms with E-state index < -0.39 is 36.6 Å². The van der Waals surface area contributed by atoms with Gasteiger partial charge in [0.05, 0.1) is 21.9 Å². The first kappa shape index (κ1) is 74.0. The van der Waals surface area contributed by atoms with Gasteiger partial charge in [0, 0.05) is 120 Å². The van der Waals surface area contributed by atoms with Crippen LogP contribution in [-0.2, 0) is 32.8 Å². The number of nitrogens with zero attached hydrogens (tertiary/aromatic N) is 17. The summed E-state index contributed by atoms with van der Waals surface area (Å²) in [6.07, 6.45) is 20.1. The van der Waals surface area contributed by atoms with E-state index in [0.29, 0.717) is 6.67 Å². The van der Waals surface area contributed by atoms with Crippen LogP contribution in [0.3, 0.4) is 0 Å². The molecule has 16 aromatic heterocycles. The fourth-order valence-electron chi connectivity index (χ4n) is 19.1. The van der Waals surface area contributed by atoms with Crippen molar-refractivity contribution >= 4 is 169 Å². The Morgan fingerprint density at radius 1 is 0.290 bits per heavy atom. The van der Waals surface area contributed by atoms with Crippen molar-refractivity contribution in [2.75, 3.05) is 0 Å². The van der Waals surface area contributed by atoms with Gasteiger partial charge in [-0.05, 0) is 78.9 Å². The van der Waals surface area contributed by atoms with Crippen LogP contribution in [0.5, 0.6) is 0 Å². The van der Waals surface area contributed by atoms with Gasteiger partial charge in [0.25, 0.3) is 52.5 Å². The highest BCUT2D eigenvalue weighted by molar-refractivity contribution is 6.34. The lowest BCUT2D eigenvalue weighted by Crippen LogP contribution is -2.44. The zero-order valence-corrected chi connectivity index (χ0v) is 65.3. The van der Waals surface area contributed by atoms with E-state index in [1.165, 1.54) is 40.3 Å². The zero-order valence-electron chi connectivity index (χ0n) is 65.3. The molecular weight excluding hydrogens is 1580 g/mol. The van der Waals surface area contributed by atoms with Crippen LogP contribution in [0.4, 0.5) is 0 Å². The van der Waals surface area contributed by atoms with E-state index in [1.807, 2.05) is 173 Å². The normalized spacial score (nSPS) is 12.6. The second kappa shape index (κ2) is 28.8. The molecule has 0 aliphatic carbocycles. The van der Waals surface area contributed by atoms with Crippen LogP contribution in [0, 0.1) is 0 Å². The molecule has 10 N–H and O–H groups in total. The molecule has 0 amide bonds. The molecule has 0 atom stereocenters. The molecule has 5 aliphatic rings. The monoisotopic (exact) mass is 1650 g/mol. The number of fused-ring (bicyclic) bond motifs is 21. The van der Waals surface area contributed by atoms with Gasteiger partial charge in [-0.2, -0.15) is 9.13 Å². The van der Waals surface area contributed by atoms with Crippen molar-refractivity contribution in [3.8, 4) is 34.0 Å². The van der Waals surface area contributed by atoms with Gasteiger partial charge in [-0.3, -0.25) is 0 Å². The largest absolute Gasteiger partial charge is 0.747 e. The Labute approximate surface area is 699 Å². The van der Waals surface area contributed by atoms with Crippen LogP contribution in [-0.4, -0.2) is 120 Å². The molecule has 32 nitrogen and oxygen atoms in total. The molecule has 596 valence electrons. The fourth-order valence-corrected chi connectivity index (χ4v) is 19.1. The van der Waals surface area contributed by atoms with Gasteiger partial charge in [-0.15, -0.1) is 18.3 Å². The Kier molecular flexibility index (Phi) is 17.2. The van der Waals surface area contributed by atoms with Crippen LogP contribution >= 0.6 is 0 Å². The highest BCUT2D eigenvalue weighted by Crippen LogP contribution is 2.38. The lowest BCUT2D eigenvalue weighted by Gasteiger charge is -2.12. The zero-order chi connectivity index (χ0) is 83.6. The molecule has 6 aromatic carbocycles. The van der Waals surface area contributed by atoms with Gasteiger partial charge < -0.3 is 74.0 Å². The maximum Gasteiger partial charge on any atom is 0.747 e. The van der Waals surface area contributed by atoms with E-state index in [9.17, 15) is 40.2 Å². The summed E-state index contributed by atoms with van der Waals surface area (Å²) in [5.41, 5.74) is 27.6. The standard InChI is InChI=1S/C21H16BN3O3.C20H15BN4O3.C19H14BN3O3.C18H13BN4O3.C9H10BN3O3/c26-22(27)28-25-11-10-15-12-23-18(14-6-2-1-3-7-14)13-24-17-9-5-4-8-16(17)20(25)19(15)21(23)24;26-21(27)28-25-10-8-14-11-23-16(13-5-2-1-3-6-13)12-24-15-7-4-9-22-18(15)19(25)17(14)20(23)24;24-20(25)26-22-10-9-12-11-21-15-7-3-4-8-16(15)23-14-6-2-1-5-13(14)18(22)17(12)19(21)23;24-19(25)26-22-9-7-11-10-21-12-4-1-2-5-13(12)23-14-6-3-8-20-16(14)17(22)15(11)18(21)23;14-10(15)16-13-6-5-12-7-11-4-2-1-3-8(11)9(12)13/h1-11,13,26-27H,12H2;1-10,12,26-27H,11H2;1-10,24-25H,11H2;1-9,24-25H,10H2;1-6,14-15H,7H2/q5*+2. The first-order chi connectivity index (χ1) is 60.7. The highest BCUT2D eigenvalue weighted by Gasteiger charge is 2.47. The molecular formula is C87H68B5N17O15+10. The van der Waals surface area contributed by atoms with Gasteiger partial charge in [-0.1, -0.05) is 107 Å². The third-order valence-corrected chi connectivity index (χ3v) is 23.6. The predicted molar refractivity (Wildman–Crippen MR) is 449 cm³/mol. The van der Waals surface area contributed by atoms with E-state index in [-0.39, 0.29) is 0 Å². The van der Waals surface area contributed by atoms with Crippen LogP contribution in [0.2, 0.25) is 0 Å². The summed E-state index contributed by atoms with van der Waals surface area (Å²) < 4.78 is 54.9. The summed E-state index contributed by atoms with van der Waals surface area (Å²) >= 11 is 0. The molecule has 0 saturated heterocycles. The third kappa shape index (κ3) is 11.5. The molecule has 0 unspecified atom stereocenters. The summed E-state index contributed by atoms with van der Waals surface area (Å²) in [7, 11) is -9.44. The Morgan fingerprint density at radius 3 is 1.17 bits per heavy atom. The van der Waals surface area contributed by atoms with Crippen molar-refractivity contribution in [3.05, 3.63) is 315 Å². The van der Waals surface area contributed by atoms with Gasteiger partial charge in [0.1, 0.15) is 28.3 Å². The van der Waals surface area contributed by atoms with E-state index in [2.05, 4.69) is 131 Å². The van der Waals surface area contributed by atoms with E-state index in [0.717, 1.165) is 198 Å². The molecule has 0 saturated carbocycles. The van der Waals surface area contributed by atoms with Gasteiger partial charge in [0.15, 0.2) is 71.2 Å². The molecule has 0 fully saturated rings. The van der Waals surface area contributed by atoms with Crippen LogP contribution in [0.25, 0.3) is 166 Å². The molecule has 124 heavy (non-hydrogen) atoms. The first-order valence-electron chi connectivity index (χ1n) is 39.8. The average Bonchev–Trinajstić information content (AvgIpc) is 1.54. The molecule has 37 heteroatoms. The minimum atomic E-state index is -1.92. The van der Waals surface area contributed by atoms with Crippen molar-refractivity contribution in [1.82, 2.24) is 33.6 Å². The molecule has 21 heterocycles. The average molecular weight is 1650 g/mol. The van der Waals surface area contributed by atoms with E-state index >= 15 is 0 Å². The Bertz CT molecular complexity index is 7840. The topological polar surface area (TPSA) is 339 Å². The van der Waals surface area contributed by atoms with Gasteiger partial charge in [0.2, 0.25) is 22.1 Å². The number of benzene rings is 6. The summed E-state index contributed by atoms with van der Waals surface area (Å²) in [6, 6.07) is 75.0. The van der Waals surface area contributed by atoms with Crippen molar-refractivity contribution in [2.24, 2.45) is 0 Å². The number of hydrogen-bond donors (Lipinski definition) is 10. The van der Waals surface area contributed by atoms with Gasteiger partial charge >= 0.3 is 70.7 Å². The fraction of sp³-hybridized carbons (Fsp3) is 0.0575. The molecule has 22 aromatic rings. The number of aromatic nitrogens is 17. The molecule has 0 bridgehead atoms. The number of hydrogen-bond acceptors (Lipinski definition) is 17. The molecule has 0 radical (unpaired) electrons. The number of imidazole rings is 5. The number of para-hydroxylation sites is 6. The lowest BCUT2D eigenvalue weighted by molar-refractivity contribution is -0.876. The van der Waals surface area contributed by atoms with Crippen molar-refractivity contribution in [1.29, 1.82) is 0 Å². The summed E-state index contributed by atoms with van der Waals surface area (Å²) in [4.78, 5) is 9.16. The van der Waals surface area contributed by atoms with Gasteiger partial charge in [-0.25, -0.2) is 28.9 Å². The maximum absolute atomic E-state index is 9.39. The molecule has 27 rings (SSSR count). The number of rotatable bonds is 12. The van der Waals surface area contributed by atoms with Crippen molar-refractivity contribution in [2.45, 2.75) is 32.8 Å². The third-order valence-electron chi connectivity index (χ3n) is 23.6. The SMILES string of the molecule is OB(O)On1cc[n+]2c1-c1cccc[n+]1C2.OB(O)On1ccc2c3c1c1ccccc1[n+]1c4ccccc4[n+](c31)C2.OB(O)On1ccc2c3c1c1ccccc1[n+]1cc(-c4ccccc4)[n+](c31)C2.OB(O)On1ccc2c3c1c1ncccc1[n+]1c4ccccc4[n+](c31)C2.OB(O)On1ccc2c3c1c1ncccc1[n+]1cc(-c4ccccc4)[n+](c31)C2. The predicted octanol–water partition coefficient (Wildman–Crippen LogP) is 0.700. The second-order valence-corrected chi connectivity index (χ2v) is 30.4. The summed E-state index contributed by atoms with van der Waals surface area (Å²) in [5, 5.41) is 98.6. The smallest absolute Gasteiger partial charge is 0.421 e. The lowest BCUT2D eigenvalue weighted by atomic mass is 10.1. The van der Waals surface area contributed by atoms with Crippen molar-refractivity contribution < 1.29 is 119 Å². The minimum absolute atomic E-state index is 0.698. The minimum Gasteiger partial charge on any atom is -0.421 e. The summed E-state index contributed by atoms with van der Waals surface area (Å²) in [5.74, 6) is 0.786. The molecule has 5 aliphatic heterocycles. The number of pyridine rings is 11. The Hall–Kier alpha value is -15.1. The first-order valence-corrected chi connectivity index (χ1v) is 39.8. The van der Waals surface area contributed by atoms with E-state index in [4.69, 9.17) is 33.8 Å². The quantitative estimate of drug-likeness (QED) is 0.0457.